The molecule has 0 saturated heterocycles. The van der Waals surface area contributed by atoms with Crippen LogP contribution in [0.3, 0.4) is 0 Å². The molecule has 0 fully saturated rings. The zero-order valence-corrected chi connectivity index (χ0v) is 25.1. The van der Waals surface area contributed by atoms with E-state index in [0.29, 0.717) is 5.92 Å². The molecule has 202 valence electrons. The minimum Gasteiger partial charge on any atom is -0.220 e. The van der Waals surface area contributed by atoms with E-state index in [9.17, 15) is 0 Å². The summed E-state index contributed by atoms with van der Waals surface area (Å²) in [4.78, 5) is 1.15. The van der Waals surface area contributed by atoms with Crippen LogP contribution in [-0.4, -0.2) is 15.0 Å². The van der Waals surface area contributed by atoms with Gasteiger partial charge in [-0.25, -0.2) is 4.68 Å². The first-order valence-corrected chi connectivity index (χ1v) is 16.2. The molecule has 0 bridgehead atoms. The smallest absolute Gasteiger partial charge is 0.220 e. The zero-order valence-electron chi connectivity index (χ0n) is 23.5. The summed E-state index contributed by atoms with van der Waals surface area (Å²) < 4.78 is 7.16. The summed E-state index contributed by atoms with van der Waals surface area (Å²) in [6.07, 6.45) is 7.71. The van der Waals surface area contributed by atoms with E-state index in [2.05, 4.69) is 126 Å². The van der Waals surface area contributed by atoms with Crippen molar-refractivity contribution in [3.05, 3.63) is 96.1 Å². The molecular formula is C35H31N4S2+. The SMILES string of the molecule is CCC1c2ccc(-n3cc(-c4cc5cc6sccc6cc5s4)nn3)cc2-c2c3ccccc3cc[n+]2C1(CC)CC. The van der Waals surface area contributed by atoms with E-state index in [1.165, 1.54) is 47.8 Å². The fourth-order valence-corrected chi connectivity index (χ4v) is 9.19. The molecule has 3 aromatic carbocycles. The second-order valence-corrected chi connectivity index (χ2v) is 13.2. The molecule has 0 N–H and O–H groups in total. The largest absolute Gasteiger partial charge is 0.221 e. The van der Waals surface area contributed by atoms with Crippen LogP contribution in [0.5, 0.6) is 0 Å². The molecule has 41 heavy (non-hydrogen) atoms. The van der Waals surface area contributed by atoms with Gasteiger partial charge in [-0.2, -0.15) is 4.57 Å². The summed E-state index contributed by atoms with van der Waals surface area (Å²) in [6.45, 7) is 7.05. The molecule has 1 aliphatic heterocycles. The Hall–Kier alpha value is -3.87. The Kier molecular flexibility index (Phi) is 5.66. The van der Waals surface area contributed by atoms with Crippen molar-refractivity contribution in [1.82, 2.24) is 15.0 Å². The summed E-state index contributed by atoms with van der Waals surface area (Å²) in [5, 5.41) is 16.6. The minimum absolute atomic E-state index is 0.0543. The van der Waals surface area contributed by atoms with Gasteiger partial charge in [-0.05, 0) is 76.0 Å². The third-order valence-electron chi connectivity index (χ3n) is 9.39. The molecule has 6 heteroatoms. The van der Waals surface area contributed by atoms with E-state index >= 15 is 0 Å². The monoisotopic (exact) mass is 571 g/mol. The van der Waals surface area contributed by atoms with Gasteiger partial charge in [0.2, 0.25) is 5.69 Å². The van der Waals surface area contributed by atoms with Gasteiger partial charge in [0.15, 0.2) is 11.7 Å². The lowest BCUT2D eigenvalue weighted by molar-refractivity contribution is -0.761. The van der Waals surface area contributed by atoms with Crippen molar-refractivity contribution >= 4 is 53.6 Å². The van der Waals surface area contributed by atoms with Gasteiger partial charge in [-0.15, -0.1) is 27.8 Å². The number of hydrogen-bond donors (Lipinski definition) is 0. The number of hydrogen-bond acceptors (Lipinski definition) is 4. The molecule has 1 aliphatic rings. The molecule has 1 atom stereocenters. The van der Waals surface area contributed by atoms with Crippen molar-refractivity contribution in [1.29, 1.82) is 0 Å². The second-order valence-electron chi connectivity index (χ2n) is 11.2. The molecule has 0 aliphatic carbocycles. The Labute approximate surface area is 247 Å². The number of pyridine rings is 1. The molecule has 0 spiro atoms. The lowest BCUT2D eigenvalue weighted by atomic mass is 9.69. The predicted molar refractivity (Wildman–Crippen MR) is 172 cm³/mol. The average molecular weight is 572 g/mol. The normalized spacial score (nSPS) is 15.9. The topological polar surface area (TPSA) is 34.6 Å². The van der Waals surface area contributed by atoms with Crippen LogP contribution in [-0.2, 0) is 5.54 Å². The summed E-state index contributed by atoms with van der Waals surface area (Å²) in [6, 6.07) is 27.0. The lowest BCUT2D eigenvalue weighted by Gasteiger charge is -2.40. The van der Waals surface area contributed by atoms with Crippen LogP contribution in [0.15, 0.2) is 90.6 Å². The van der Waals surface area contributed by atoms with E-state index < -0.39 is 0 Å². The van der Waals surface area contributed by atoms with E-state index in [1.807, 2.05) is 4.68 Å². The molecule has 4 aromatic heterocycles. The van der Waals surface area contributed by atoms with Crippen LogP contribution in [0.2, 0.25) is 0 Å². The van der Waals surface area contributed by atoms with E-state index in [4.69, 9.17) is 0 Å². The van der Waals surface area contributed by atoms with Crippen LogP contribution in [0.4, 0.5) is 0 Å². The highest BCUT2D eigenvalue weighted by molar-refractivity contribution is 7.22. The van der Waals surface area contributed by atoms with Crippen LogP contribution in [0.25, 0.3) is 58.5 Å². The maximum atomic E-state index is 4.62. The van der Waals surface area contributed by atoms with Gasteiger partial charge in [0.25, 0.3) is 0 Å². The van der Waals surface area contributed by atoms with Crippen molar-refractivity contribution in [2.75, 3.05) is 0 Å². The van der Waals surface area contributed by atoms with Crippen LogP contribution >= 0.6 is 22.7 Å². The summed E-state index contributed by atoms with van der Waals surface area (Å²) in [7, 11) is 0. The van der Waals surface area contributed by atoms with Crippen molar-refractivity contribution in [2.45, 2.75) is 51.5 Å². The lowest BCUT2D eigenvalue weighted by Crippen LogP contribution is -2.62. The van der Waals surface area contributed by atoms with Gasteiger partial charge < -0.3 is 0 Å². The fourth-order valence-electron chi connectivity index (χ4n) is 7.32. The number of fused-ring (bicyclic) bond motifs is 7. The maximum Gasteiger partial charge on any atom is 0.221 e. The third-order valence-corrected chi connectivity index (χ3v) is 11.4. The number of aromatic nitrogens is 4. The van der Waals surface area contributed by atoms with E-state index in [0.717, 1.165) is 35.5 Å². The first kappa shape index (κ1) is 24.9. The fraction of sp³-hybridized carbons (Fsp3) is 0.229. The summed E-state index contributed by atoms with van der Waals surface area (Å²) >= 11 is 3.58. The van der Waals surface area contributed by atoms with Gasteiger partial charge in [0.05, 0.1) is 27.7 Å². The van der Waals surface area contributed by atoms with Gasteiger partial charge in [0.1, 0.15) is 5.69 Å². The molecule has 5 heterocycles. The van der Waals surface area contributed by atoms with E-state index in [1.54, 1.807) is 22.7 Å². The second kappa shape index (κ2) is 9.33. The highest BCUT2D eigenvalue weighted by Crippen LogP contribution is 2.48. The first-order chi connectivity index (χ1) is 20.1. The maximum absolute atomic E-state index is 4.62. The molecule has 0 amide bonds. The van der Waals surface area contributed by atoms with Crippen molar-refractivity contribution in [3.8, 4) is 27.5 Å². The highest BCUT2D eigenvalue weighted by Gasteiger charge is 2.50. The Balaban J connectivity index is 1.28. The Bertz CT molecular complexity index is 2040. The molecule has 7 aromatic rings. The average Bonchev–Trinajstić information content (AvgIpc) is 3.78. The van der Waals surface area contributed by atoms with Crippen LogP contribution in [0.1, 0.15) is 51.5 Å². The van der Waals surface area contributed by atoms with Crippen LogP contribution in [0, 0.1) is 0 Å². The minimum atomic E-state index is 0.0543. The molecule has 4 nitrogen and oxygen atoms in total. The Morgan fingerprint density at radius 1 is 0.878 bits per heavy atom. The van der Waals surface area contributed by atoms with Gasteiger partial charge in [-0.3, -0.25) is 0 Å². The summed E-state index contributed by atoms with van der Waals surface area (Å²) in [5.41, 5.74) is 6.08. The number of rotatable bonds is 5. The number of nitrogens with zero attached hydrogens (tertiary/aromatic N) is 4. The van der Waals surface area contributed by atoms with Gasteiger partial charge >= 0.3 is 0 Å². The third kappa shape index (κ3) is 3.60. The standard InChI is InChI=1S/C35H31N4S2/c1-4-29-27-12-11-25(20-28(27)34-26-10-8-7-9-22(26)13-15-38(34)35(29,5-2)6-3)39-21-30(36-37-39)33-19-24-18-31-23(14-16-40-31)17-32(24)41-33/h7-21,29H,4-6H2,1-3H3/q+1. The Morgan fingerprint density at radius 3 is 2.59 bits per heavy atom. The van der Waals surface area contributed by atoms with Crippen LogP contribution < -0.4 is 4.57 Å². The zero-order chi connectivity index (χ0) is 27.7. The van der Waals surface area contributed by atoms with Gasteiger partial charge in [-0.1, -0.05) is 50.3 Å². The predicted octanol–water partition coefficient (Wildman–Crippen LogP) is 9.49. The molecule has 8 rings (SSSR count). The van der Waals surface area contributed by atoms with Crippen molar-refractivity contribution in [2.24, 2.45) is 0 Å². The first-order valence-electron chi connectivity index (χ1n) is 14.6. The number of benzene rings is 3. The van der Waals surface area contributed by atoms with Crippen molar-refractivity contribution in [3.63, 3.8) is 0 Å². The molecular weight excluding hydrogens is 541 g/mol. The quantitative estimate of drug-likeness (QED) is 0.193. The molecule has 0 radical (unpaired) electrons. The van der Waals surface area contributed by atoms with E-state index in [-0.39, 0.29) is 5.54 Å². The highest BCUT2D eigenvalue weighted by atomic mass is 32.1. The molecule has 0 saturated carbocycles. The van der Waals surface area contributed by atoms with Gasteiger partial charge in [0, 0.05) is 34.2 Å². The van der Waals surface area contributed by atoms with Crippen molar-refractivity contribution < 1.29 is 4.57 Å². The number of thiophene rings is 2. The molecule has 1 unspecified atom stereocenters. The summed E-state index contributed by atoms with van der Waals surface area (Å²) in [5.74, 6) is 0.444. The Morgan fingerprint density at radius 2 is 1.73 bits per heavy atom.